The third-order valence-corrected chi connectivity index (χ3v) is 1.82. The molecule has 0 aliphatic heterocycles. The largest absolute Gasteiger partial charge is 0.495 e. The SMILES string of the molecule is COc1cc(Cl)cnc1C(C)C. The first-order valence-corrected chi connectivity index (χ1v) is 4.22. The maximum atomic E-state index is 5.76. The number of hydrogen-bond donors (Lipinski definition) is 0. The van der Waals surface area contributed by atoms with Crippen molar-refractivity contribution in [2.45, 2.75) is 19.8 Å². The molecule has 0 N–H and O–H groups in total. The van der Waals surface area contributed by atoms with Gasteiger partial charge >= 0.3 is 0 Å². The summed E-state index contributed by atoms with van der Waals surface area (Å²) < 4.78 is 5.14. The van der Waals surface area contributed by atoms with Crippen LogP contribution in [0.3, 0.4) is 0 Å². The van der Waals surface area contributed by atoms with Crippen LogP contribution in [0.25, 0.3) is 0 Å². The van der Waals surface area contributed by atoms with Crippen molar-refractivity contribution in [3.8, 4) is 5.75 Å². The maximum absolute atomic E-state index is 5.76. The predicted octanol–water partition coefficient (Wildman–Crippen LogP) is 2.87. The van der Waals surface area contributed by atoms with Gasteiger partial charge in [0.25, 0.3) is 0 Å². The van der Waals surface area contributed by atoms with E-state index in [0.29, 0.717) is 10.9 Å². The fourth-order valence-corrected chi connectivity index (χ4v) is 1.18. The zero-order chi connectivity index (χ0) is 9.14. The summed E-state index contributed by atoms with van der Waals surface area (Å²) in [4.78, 5) is 4.19. The molecule has 0 spiro atoms. The summed E-state index contributed by atoms with van der Waals surface area (Å²) in [5.74, 6) is 1.12. The van der Waals surface area contributed by atoms with Crippen LogP contribution in [0.4, 0.5) is 0 Å². The molecule has 2 nitrogen and oxygen atoms in total. The van der Waals surface area contributed by atoms with Crippen LogP contribution in [-0.2, 0) is 0 Å². The summed E-state index contributed by atoms with van der Waals surface area (Å²) in [6.45, 7) is 4.14. The van der Waals surface area contributed by atoms with Gasteiger partial charge in [-0.1, -0.05) is 25.4 Å². The highest BCUT2D eigenvalue weighted by Gasteiger charge is 2.08. The molecule has 1 aromatic rings. The lowest BCUT2D eigenvalue weighted by Crippen LogP contribution is -1.97. The van der Waals surface area contributed by atoms with Gasteiger partial charge in [-0.05, 0) is 5.92 Å². The minimum atomic E-state index is 0.359. The van der Waals surface area contributed by atoms with E-state index in [9.17, 15) is 0 Å². The van der Waals surface area contributed by atoms with Crippen molar-refractivity contribution >= 4 is 11.6 Å². The lowest BCUT2D eigenvalue weighted by atomic mass is 10.1. The molecule has 0 aromatic carbocycles. The summed E-state index contributed by atoms with van der Waals surface area (Å²) in [6, 6.07) is 1.78. The van der Waals surface area contributed by atoms with E-state index in [1.54, 1.807) is 19.4 Å². The Bertz CT molecular complexity index is 273. The Morgan fingerprint density at radius 2 is 2.17 bits per heavy atom. The summed E-state index contributed by atoms with van der Waals surface area (Å²) in [5.41, 5.74) is 0.946. The average molecular weight is 186 g/mol. The van der Waals surface area contributed by atoms with E-state index in [-0.39, 0.29) is 0 Å². The van der Waals surface area contributed by atoms with Crippen molar-refractivity contribution in [1.82, 2.24) is 4.98 Å². The van der Waals surface area contributed by atoms with Crippen molar-refractivity contribution in [2.24, 2.45) is 0 Å². The highest BCUT2D eigenvalue weighted by molar-refractivity contribution is 6.30. The Labute approximate surface area is 77.5 Å². The third-order valence-electron chi connectivity index (χ3n) is 1.62. The first kappa shape index (κ1) is 9.33. The Morgan fingerprint density at radius 1 is 1.50 bits per heavy atom. The molecular formula is C9H12ClNO. The average Bonchev–Trinajstić information content (AvgIpc) is 2.03. The highest BCUT2D eigenvalue weighted by Crippen LogP contribution is 2.26. The van der Waals surface area contributed by atoms with Gasteiger partial charge in [-0.25, -0.2) is 0 Å². The van der Waals surface area contributed by atoms with E-state index >= 15 is 0 Å². The minimum Gasteiger partial charge on any atom is -0.495 e. The number of nitrogens with zero attached hydrogens (tertiary/aromatic N) is 1. The van der Waals surface area contributed by atoms with Crippen molar-refractivity contribution in [1.29, 1.82) is 0 Å². The van der Waals surface area contributed by atoms with Crippen LogP contribution >= 0.6 is 11.6 Å². The second-order valence-electron chi connectivity index (χ2n) is 2.90. The molecule has 0 bridgehead atoms. The van der Waals surface area contributed by atoms with Gasteiger partial charge in [0.15, 0.2) is 0 Å². The Morgan fingerprint density at radius 3 is 2.67 bits per heavy atom. The zero-order valence-corrected chi connectivity index (χ0v) is 8.22. The minimum absolute atomic E-state index is 0.359. The van der Waals surface area contributed by atoms with Crippen LogP contribution < -0.4 is 4.74 Å². The second-order valence-corrected chi connectivity index (χ2v) is 3.33. The number of hydrogen-bond acceptors (Lipinski definition) is 2. The molecule has 0 saturated heterocycles. The first-order valence-electron chi connectivity index (χ1n) is 3.84. The van der Waals surface area contributed by atoms with Crippen molar-refractivity contribution in [2.75, 3.05) is 7.11 Å². The first-order chi connectivity index (χ1) is 5.65. The molecule has 0 saturated carbocycles. The van der Waals surface area contributed by atoms with Gasteiger partial charge in [-0.2, -0.15) is 0 Å². The van der Waals surface area contributed by atoms with E-state index < -0.39 is 0 Å². The van der Waals surface area contributed by atoms with Gasteiger partial charge in [0.05, 0.1) is 17.8 Å². The zero-order valence-electron chi connectivity index (χ0n) is 7.47. The molecule has 3 heteroatoms. The topological polar surface area (TPSA) is 22.1 Å². The summed E-state index contributed by atoms with van der Waals surface area (Å²) in [6.07, 6.45) is 1.64. The van der Waals surface area contributed by atoms with Crippen LogP contribution in [0.15, 0.2) is 12.3 Å². The molecule has 12 heavy (non-hydrogen) atoms. The lowest BCUT2D eigenvalue weighted by Gasteiger charge is -2.09. The maximum Gasteiger partial charge on any atom is 0.142 e. The fourth-order valence-electron chi connectivity index (χ4n) is 1.03. The molecule has 0 fully saturated rings. The molecule has 1 aromatic heterocycles. The van der Waals surface area contributed by atoms with Gasteiger partial charge in [0.1, 0.15) is 5.75 Å². The van der Waals surface area contributed by atoms with Gasteiger partial charge < -0.3 is 4.74 Å². The molecule has 0 aliphatic carbocycles. The molecule has 1 rings (SSSR count). The lowest BCUT2D eigenvalue weighted by molar-refractivity contribution is 0.404. The molecule has 1 heterocycles. The molecule has 66 valence electrons. The number of aromatic nitrogens is 1. The van der Waals surface area contributed by atoms with Gasteiger partial charge in [-0.15, -0.1) is 0 Å². The van der Waals surface area contributed by atoms with E-state index in [1.807, 2.05) is 0 Å². The van der Waals surface area contributed by atoms with E-state index in [4.69, 9.17) is 16.3 Å². The second kappa shape index (κ2) is 3.76. The van der Waals surface area contributed by atoms with Crippen LogP contribution in [-0.4, -0.2) is 12.1 Å². The molecule has 0 atom stereocenters. The van der Waals surface area contributed by atoms with Crippen LogP contribution in [0.5, 0.6) is 5.75 Å². The van der Waals surface area contributed by atoms with Crippen molar-refractivity contribution in [3.05, 3.63) is 23.0 Å². The standard InChI is InChI=1S/C9H12ClNO/c1-6(2)9-8(12-3)4-7(10)5-11-9/h4-6H,1-3H3. The Balaban J connectivity index is 3.11. The quantitative estimate of drug-likeness (QED) is 0.707. The van der Waals surface area contributed by atoms with Crippen molar-refractivity contribution < 1.29 is 4.74 Å². The number of pyridine rings is 1. The molecule has 0 radical (unpaired) electrons. The molecule has 0 unspecified atom stereocenters. The molecule has 0 amide bonds. The van der Waals surface area contributed by atoms with E-state index in [0.717, 1.165) is 11.4 Å². The van der Waals surface area contributed by atoms with Gasteiger partial charge in [-0.3, -0.25) is 4.98 Å². The van der Waals surface area contributed by atoms with E-state index in [2.05, 4.69) is 18.8 Å². The Hall–Kier alpha value is -0.760. The Kier molecular flexibility index (Phi) is 2.93. The predicted molar refractivity (Wildman–Crippen MR) is 49.9 cm³/mol. The van der Waals surface area contributed by atoms with E-state index in [1.165, 1.54) is 0 Å². The third kappa shape index (κ3) is 1.89. The number of rotatable bonds is 2. The van der Waals surface area contributed by atoms with Crippen molar-refractivity contribution in [3.63, 3.8) is 0 Å². The molecule has 0 aliphatic rings. The monoisotopic (exact) mass is 185 g/mol. The van der Waals surface area contributed by atoms with Crippen LogP contribution in [0.2, 0.25) is 5.02 Å². The smallest absolute Gasteiger partial charge is 0.142 e. The van der Waals surface area contributed by atoms with Crippen LogP contribution in [0.1, 0.15) is 25.5 Å². The normalized spacial score (nSPS) is 10.4. The number of halogens is 1. The number of methoxy groups -OCH3 is 1. The van der Waals surface area contributed by atoms with Gasteiger partial charge in [0.2, 0.25) is 0 Å². The summed E-state index contributed by atoms with van der Waals surface area (Å²) in [7, 11) is 1.62. The fraction of sp³-hybridized carbons (Fsp3) is 0.444. The summed E-state index contributed by atoms with van der Waals surface area (Å²) >= 11 is 5.76. The van der Waals surface area contributed by atoms with Gasteiger partial charge in [0, 0.05) is 12.3 Å². The molecular weight excluding hydrogens is 174 g/mol. The summed E-state index contributed by atoms with van der Waals surface area (Å²) in [5, 5.41) is 0.608. The number of ether oxygens (including phenoxy) is 1. The van der Waals surface area contributed by atoms with Crippen LogP contribution in [0, 0.1) is 0 Å². The highest BCUT2D eigenvalue weighted by atomic mass is 35.5.